The summed E-state index contributed by atoms with van der Waals surface area (Å²) in [6, 6.07) is 1.28. The average molecular weight is 270 g/mol. The smallest absolute Gasteiger partial charge is 0.0936 e. The summed E-state index contributed by atoms with van der Waals surface area (Å²) in [4.78, 5) is 2.61. The Kier molecular flexibility index (Phi) is 6.07. The molecule has 0 amide bonds. The van der Waals surface area contributed by atoms with Crippen molar-refractivity contribution in [2.75, 3.05) is 39.5 Å². The molecule has 2 rings (SSSR count). The van der Waals surface area contributed by atoms with Gasteiger partial charge >= 0.3 is 0 Å². The third-order valence-electron chi connectivity index (χ3n) is 4.16. The molecule has 2 aliphatic heterocycles. The first-order chi connectivity index (χ1) is 9.19. The summed E-state index contributed by atoms with van der Waals surface area (Å²) >= 11 is 0. The van der Waals surface area contributed by atoms with Crippen molar-refractivity contribution in [2.45, 2.75) is 51.8 Å². The van der Waals surface area contributed by atoms with E-state index in [1.807, 2.05) is 0 Å². The Morgan fingerprint density at radius 1 is 1.32 bits per heavy atom. The Morgan fingerprint density at radius 3 is 2.79 bits per heavy atom. The van der Waals surface area contributed by atoms with Crippen molar-refractivity contribution in [2.24, 2.45) is 5.92 Å². The molecule has 0 aliphatic carbocycles. The van der Waals surface area contributed by atoms with Crippen LogP contribution in [0.15, 0.2) is 0 Å². The maximum Gasteiger partial charge on any atom is 0.0936 e. The van der Waals surface area contributed by atoms with Gasteiger partial charge in [-0.05, 0) is 18.8 Å². The zero-order chi connectivity index (χ0) is 13.7. The minimum Gasteiger partial charge on any atom is -0.376 e. The summed E-state index contributed by atoms with van der Waals surface area (Å²) in [5.41, 5.74) is 0. The molecule has 0 spiro atoms. The van der Waals surface area contributed by atoms with Crippen LogP contribution in [-0.2, 0) is 9.47 Å². The zero-order valence-corrected chi connectivity index (χ0v) is 12.7. The quantitative estimate of drug-likeness (QED) is 0.821. The third kappa shape index (κ3) is 4.71. The van der Waals surface area contributed by atoms with Gasteiger partial charge in [0.15, 0.2) is 0 Å². The van der Waals surface area contributed by atoms with E-state index in [9.17, 15) is 0 Å². The summed E-state index contributed by atoms with van der Waals surface area (Å²) < 4.78 is 11.3. The molecule has 0 aromatic carbocycles. The molecule has 4 nitrogen and oxygen atoms in total. The van der Waals surface area contributed by atoms with Crippen LogP contribution in [0.25, 0.3) is 0 Å². The second kappa shape index (κ2) is 7.58. The predicted molar refractivity (Wildman–Crippen MR) is 77.5 cm³/mol. The van der Waals surface area contributed by atoms with Crippen LogP contribution in [0.4, 0.5) is 0 Å². The Balaban J connectivity index is 1.85. The van der Waals surface area contributed by atoms with E-state index in [-0.39, 0.29) is 6.10 Å². The normalized spacial score (nSPS) is 33.8. The molecule has 0 aromatic heterocycles. The lowest BCUT2D eigenvalue weighted by Crippen LogP contribution is -2.58. The van der Waals surface area contributed by atoms with Crippen LogP contribution in [0.2, 0.25) is 0 Å². The van der Waals surface area contributed by atoms with Gasteiger partial charge in [0.1, 0.15) is 0 Å². The van der Waals surface area contributed by atoms with Crippen molar-refractivity contribution < 1.29 is 9.47 Å². The van der Waals surface area contributed by atoms with Crippen LogP contribution in [0.5, 0.6) is 0 Å². The lowest BCUT2D eigenvalue weighted by Gasteiger charge is -2.42. The number of hydrogen-bond acceptors (Lipinski definition) is 4. The molecular weight excluding hydrogens is 240 g/mol. The highest BCUT2D eigenvalue weighted by atomic mass is 16.6. The maximum absolute atomic E-state index is 5.80. The summed E-state index contributed by atoms with van der Waals surface area (Å²) in [5, 5.41) is 3.70. The molecule has 2 heterocycles. The first-order valence-electron chi connectivity index (χ1n) is 7.85. The Morgan fingerprint density at radius 2 is 2.16 bits per heavy atom. The second-order valence-electron chi connectivity index (χ2n) is 6.32. The van der Waals surface area contributed by atoms with Gasteiger partial charge in [0.2, 0.25) is 0 Å². The number of rotatable bonds is 5. The van der Waals surface area contributed by atoms with E-state index in [4.69, 9.17) is 9.47 Å². The molecule has 0 aromatic rings. The van der Waals surface area contributed by atoms with Gasteiger partial charge in [-0.25, -0.2) is 0 Å². The summed E-state index contributed by atoms with van der Waals surface area (Å²) in [5.74, 6) is 0.756. The van der Waals surface area contributed by atoms with E-state index in [0.29, 0.717) is 12.1 Å². The summed E-state index contributed by atoms with van der Waals surface area (Å²) in [6.07, 6.45) is 2.73. The number of hydrogen-bond donors (Lipinski definition) is 1. The number of nitrogens with one attached hydrogen (secondary N) is 1. The average Bonchev–Trinajstić information content (AvgIpc) is 2.39. The van der Waals surface area contributed by atoms with E-state index >= 15 is 0 Å². The fourth-order valence-corrected chi connectivity index (χ4v) is 3.19. The fourth-order valence-electron chi connectivity index (χ4n) is 3.19. The van der Waals surface area contributed by atoms with Gasteiger partial charge in [-0.2, -0.15) is 0 Å². The lowest BCUT2D eigenvalue weighted by atomic mass is 9.98. The van der Waals surface area contributed by atoms with Crippen LogP contribution >= 0.6 is 0 Å². The van der Waals surface area contributed by atoms with Crippen LogP contribution in [-0.4, -0.2) is 62.5 Å². The summed E-state index contributed by atoms with van der Waals surface area (Å²) in [6.45, 7) is 12.4. The SMILES string of the molecule is CCC1CNC(CC(C)C)CN1CC1COCCO1. The Hall–Kier alpha value is -0.160. The number of nitrogens with zero attached hydrogens (tertiary/aromatic N) is 1. The standard InChI is InChI=1S/C15H30N2O2/c1-4-14-8-16-13(7-12(2)3)9-17(14)10-15-11-18-5-6-19-15/h12-16H,4-11H2,1-3H3. The minimum absolute atomic E-state index is 0.264. The van der Waals surface area contributed by atoms with Crippen LogP contribution in [0, 0.1) is 5.92 Å². The Labute approximate surface area is 117 Å². The highest BCUT2D eigenvalue weighted by Crippen LogP contribution is 2.17. The molecule has 0 bridgehead atoms. The molecular formula is C15H30N2O2. The highest BCUT2D eigenvalue weighted by Gasteiger charge is 2.29. The largest absolute Gasteiger partial charge is 0.376 e. The van der Waals surface area contributed by atoms with Gasteiger partial charge in [-0.1, -0.05) is 20.8 Å². The van der Waals surface area contributed by atoms with Crippen molar-refractivity contribution in [1.82, 2.24) is 10.2 Å². The van der Waals surface area contributed by atoms with Crippen LogP contribution in [0.1, 0.15) is 33.6 Å². The number of ether oxygens (including phenoxy) is 2. The fraction of sp³-hybridized carbons (Fsp3) is 1.00. The monoisotopic (exact) mass is 270 g/mol. The van der Waals surface area contributed by atoms with Crippen molar-refractivity contribution in [3.8, 4) is 0 Å². The third-order valence-corrected chi connectivity index (χ3v) is 4.16. The molecule has 112 valence electrons. The topological polar surface area (TPSA) is 33.7 Å². The van der Waals surface area contributed by atoms with Crippen LogP contribution in [0.3, 0.4) is 0 Å². The highest BCUT2D eigenvalue weighted by molar-refractivity contribution is 4.87. The van der Waals surface area contributed by atoms with Gasteiger partial charge in [0.25, 0.3) is 0 Å². The van der Waals surface area contributed by atoms with E-state index in [0.717, 1.165) is 45.4 Å². The maximum atomic E-state index is 5.80. The minimum atomic E-state index is 0.264. The molecule has 1 N–H and O–H groups in total. The summed E-state index contributed by atoms with van der Waals surface area (Å²) in [7, 11) is 0. The first kappa shape index (κ1) is 15.2. The predicted octanol–water partition coefficient (Wildman–Crippen LogP) is 1.50. The molecule has 2 aliphatic rings. The van der Waals surface area contributed by atoms with E-state index in [1.165, 1.54) is 12.8 Å². The van der Waals surface area contributed by atoms with Gasteiger partial charge in [0.05, 0.1) is 25.9 Å². The van der Waals surface area contributed by atoms with Crippen LogP contribution < -0.4 is 5.32 Å². The molecule has 2 fully saturated rings. The molecule has 19 heavy (non-hydrogen) atoms. The van der Waals surface area contributed by atoms with Crippen molar-refractivity contribution in [1.29, 1.82) is 0 Å². The zero-order valence-electron chi connectivity index (χ0n) is 12.7. The molecule has 4 heteroatoms. The number of piperazine rings is 1. The lowest BCUT2D eigenvalue weighted by molar-refractivity contribution is -0.103. The van der Waals surface area contributed by atoms with Crippen molar-refractivity contribution in [3.05, 3.63) is 0 Å². The van der Waals surface area contributed by atoms with E-state index in [2.05, 4.69) is 31.0 Å². The Bertz CT molecular complexity index is 255. The van der Waals surface area contributed by atoms with Gasteiger partial charge in [-0.3, -0.25) is 4.90 Å². The second-order valence-corrected chi connectivity index (χ2v) is 6.32. The molecule has 2 saturated heterocycles. The molecule has 3 atom stereocenters. The molecule has 0 radical (unpaired) electrons. The van der Waals surface area contributed by atoms with Gasteiger partial charge in [-0.15, -0.1) is 0 Å². The van der Waals surface area contributed by atoms with E-state index in [1.54, 1.807) is 0 Å². The van der Waals surface area contributed by atoms with Crippen molar-refractivity contribution >= 4 is 0 Å². The molecule has 3 unspecified atom stereocenters. The van der Waals surface area contributed by atoms with Gasteiger partial charge in [0, 0.05) is 31.7 Å². The van der Waals surface area contributed by atoms with E-state index < -0.39 is 0 Å². The first-order valence-corrected chi connectivity index (χ1v) is 7.85. The molecule has 0 saturated carbocycles. The van der Waals surface area contributed by atoms with Crippen molar-refractivity contribution in [3.63, 3.8) is 0 Å². The van der Waals surface area contributed by atoms with Gasteiger partial charge < -0.3 is 14.8 Å².